The zero-order valence-corrected chi connectivity index (χ0v) is 20.0. The van der Waals surface area contributed by atoms with E-state index in [0.29, 0.717) is 25.8 Å². The average Bonchev–Trinajstić information content (AvgIpc) is 2.64. The fraction of sp³-hybridized carbons (Fsp3) is 0.944. The summed E-state index contributed by atoms with van der Waals surface area (Å²) in [4.78, 5) is 12.2. The molecule has 26 heavy (non-hydrogen) atoms. The normalized spacial score (nSPS) is 13.5. The molecule has 0 aromatic carbocycles. The Morgan fingerprint density at radius 2 is 1.50 bits per heavy atom. The summed E-state index contributed by atoms with van der Waals surface area (Å²) in [5.41, 5.74) is 0. The van der Waals surface area contributed by atoms with Crippen LogP contribution in [0.15, 0.2) is 0 Å². The molecule has 0 saturated heterocycles. The Morgan fingerprint density at radius 1 is 0.962 bits per heavy atom. The molecule has 1 N–H and O–H groups in total. The molecule has 0 aromatic heterocycles. The molecule has 0 rings (SSSR count). The third kappa shape index (κ3) is 8.99. The molecule has 0 aliphatic rings. The van der Waals surface area contributed by atoms with Crippen molar-refractivity contribution in [3.63, 3.8) is 0 Å². The summed E-state index contributed by atoms with van der Waals surface area (Å²) >= 11 is 0. The Kier molecular flexibility index (Phi) is 13.5. The first kappa shape index (κ1) is 25.6. The van der Waals surface area contributed by atoms with E-state index in [1.165, 1.54) is 0 Å². The maximum atomic E-state index is 12.2. The van der Waals surface area contributed by atoms with Crippen molar-refractivity contribution >= 4 is 23.2 Å². The molecule has 0 bridgehead atoms. The molecule has 0 aliphatic heterocycles. The molecular weight excluding hydrogens is 366 g/mol. The Balaban J connectivity index is 4.59. The van der Waals surface area contributed by atoms with Crippen molar-refractivity contribution in [2.75, 3.05) is 19.8 Å². The number of nitrogens with one attached hydrogen (secondary N) is 1. The van der Waals surface area contributed by atoms with Crippen LogP contribution < -0.4 is 5.32 Å². The van der Waals surface area contributed by atoms with Gasteiger partial charge in [0.1, 0.15) is 0 Å². The van der Waals surface area contributed by atoms with Crippen molar-refractivity contribution in [3.05, 3.63) is 0 Å². The number of carbonyl (C=O) groups excluding carboxylic acids is 1. The zero-order valence-electron chi connectivity index (χ0n) is 18.0. The maximum Gasteiger partial charge on any atom is 0.501 e. The molecule has 0 heterocycles. The highest BCUT2D eigenvalue weighted by molar-refractivity contribution is 6.74. The van der Waals surface area contributed by atoms with Crippen LogP contribution in [0, 0.1) is 0 Å². The van der Waals surface area contributed by atoms with Crippen molar-refractivity contribution in [1.82, 2.24) is 5.32 Å². The van der Waals surface area contributed by atoms with Crippen LogP contribution >= 0.6 is 0 Å². The smallest absolute Gasteiger partial charge is 0.501 e. The van der Waals surface area contributed by atoms with Gasteiger partial charge in [-0.2, -0.15) is 0 Å². The second-order valence-electron chi connectivity index (χ2n) is 6.55. The Morgan fingerprint density at radius 3 is 1.92 bits per heavy atom. The number of hydrogen-bond acceptors (Lipinski definition) is 5. The van der Waals surface area contributed by atoms with Crippen molar-refractivity contribution in [3.8, 4) is 0 Å². The van der Waals surface area contributed by atoms with Crippen LogP contribution in [0.5, 0.6) is 0 Å². The van der Waals surface area contributed by atoms with Gasteiger partial charge in [0.15, 0.2) is 0 Å². The molecule has 0 spiro atoms. The van der Waals surface area contributed by atoms with Crippen LogP contribution in [0.4, 0.5) is 4.79 Å². The third-order valence-corrected chi connectivity index (χ3v) is 12.5. The molecule has 0 saturated carbocycles. The van der Waals surface area contributed by atoms with Gasteiger partial charge in [0.05, 0.1) is 0 Å². The van der Waals surface area contributed by atoms with Gasteiger partial charge in [-0.05, 0) is 51.7 Å². The minimum absolute atomic E-state index is 0.1000. The van der Waals surface area contributed by atoms with E-state index in [2.05, 4.69) is 33.0 Å². The molecule has 0 radical (unpaired) electrons. The predicted molar refractivity (Wildman–Crippen MR) is 111 cm³/mol. The highest BCUT2D eigenvalue weighted by Crippen LogP contribution is 2.22. The number of amides is 1. The molecule has 1 amide bonds. The van der Waals surface area contributed by atoms with Crippen LogP contribution in [-0.2, 0) is 17.7 Å². The second kappa shape index (κ2) is 13.7. The largest absolute Gasteiger partial charge is 0.504 e. The molecule has 1 unspecified atom stereocenters. The van der Waals surface area contributed by atoms with Gasteiger partial charge < -0.3 is 23.0 Å². The van der Waals surface area contributed by atoms with Gasteiger partial charge in [-0.25, -0.2) is 4.79 Å². The molecule has 8 heteroatoms. The number of rotatable bonds is 15. The lowest BCUT2D eigenvalue weighted by Crippen LogP contribution is -2.48. The fourth-order valence-electron chi connectivity index (χ4n) is 2.84. The van der Waals surface area contributed by atoms with E-state index in [1.807, 2.05) is 20.8 Å². The second-order valence-corrected chi connectivity index (χ2v) is 13.9. The SMILES string of the molecule is CCO[Si](CCCNC(=O)O[Si](CC)(CC)CC)(OCC)OC(C)CC. The van der Waals surface area contributed by atoms with Crippen molar-refractivity contribution in [1.29, 1.82) is 0 Å². The van der Waals surface area contributed by atoms with Crippen molar-refractivity contribution in [2.24, 2.45) is 0 Å². The first-order valence-corrected chi connectivity index (χ1v) is 14.7. The van der Waals surface area contributed by atoms with Crippen LogP contribution in [0.2, 0.25) is 24.2 Å². The van der Waals surface area contributed by atoms with Gasteiger partial charge in [0.25, 0.3) is 8.32 Å². The van der Waals surface area contributed by atoms with Crippen LogP contribution in [0.25, 0.3) is 0 Å². The summed E-state index contributed by atoms with van der Waals surface area (Å²) in [5, 5.41) is 2.89. The van der Waals surface area contributed by atoms with Crippen LogP contribution in [0.1, 0.15) is 61.3 Å². The number of hydrogen-bond donors (Lipinski definition) is 1. The highest BCUT2D eigenvalue weighted by Gasteiger charge is 2.41. The van der Waals surface area contributed by atoms with Crippen LogP contribution in [-0.4, -0.2) is 49.1 Å². The lowest BCUT2D eigenvalue weighted by Gasteiger charge is -2.31. The molecule has 1 atom stereocenters. The van der Waals surface area contributed by atoms with Gasteiger partial charge >= 0.3 is 14.9 Å². The highest BCUT2D eigenvalue weighted by atomic mass is 28.4. The zero-order chi connectivity index (χ0) is 20.1. The van der Waals surface area contributed by atoms with Crippen molar-refractivity contribution in [2.45, 2.75) is 91.6 Å². The summed E-state index contributed by atoms with van der Waals surface area (Å²) in [6.45, 7) is 16.1. The average molecular weight is 408 g/mol. The first-order valence-electron chi connectivity index (χ1n) is 10.3. The summed E-state index contributed by atoms with van der Waals surface area (Å²) in [5.74, 6) is 0. The number of carbonyl (C=O) groups is 1. The van der Waals surface area contributed by atoms with Gasteiger partial charge in [0.2, 0.25) is 0 Å². The van der Waals surface area contributed by atoms with Crippen molar-refractivity contribution < 1.29 is 22.5 Å². The van der Waals surface area contributed by atoms with E-state index in [4.69, 9.17) is 17.7 Å². The summed E-state index contributed by atoms with van der Waals surface area (Å²) in [6.07, 6.45) is 1.47. The van der Waals surface area contributed by atoms with E-state index >= 15 is 0 Å². The Bertz CT molecular complexity index is 366. The lowest BCUT2D eigenvalue weighted by molar-refractivity contribution is 0.0368. The Labute approximate surface area is 162 Å². The van der Waals surface area contributed by atoms with Gasteiger partial charge in [-0.15, -0.1) is 0 Å². The molecule has 0 aliphatic carbocycles. The Hall–Kier alpha value is -0.416. The van der Waals surface area contributed by atoms with E-state index in [9.17, 15) is 4.79 Å². The standard InChI is InChI=1S/C18H41NO5Si2/c1-8-17(7)23-26(21-9-2,22-10-3)16-14-15-19-18(20)24-25(11-4,12-5)13-6/h17H,8-16H2,1-7H3,(H,19,20). The molecular formula is C18H41NO5Si2. The third-order valence-electron chi connectivity index (χ3n) is 4.86. The minimum Gasteiger partial charge on any atom is -0.504 e. The quantitative estimate of drug-likeness (QED) is 0.308. The van der Waals surface area contributed by atoms with E-state index in [0.717, 1.165) is 31.0 Å². The van der Waals surface area contributed by atoms with E-state index in [1.54, 1.807) is 0 Å². The molecule has 6 nitrogen and oxygen atoms in total. The molecule has 0 fully saturated rings. The van der Waals surface area contributed by atoms with Gasteiger partial charge in [-0.3, -0.25) is 0 Å². The first-order chi connectivity index (χ1) is 12.4. The maximum absolute atomic E-state index is 12.2. The van der Waals surface area contributed by atoms with Gasteiger partial charge in [-0.1, -0.05) is 27.7 Å². The van der Waals surface area contributed by atoms with Crippen LogP contribution in [0.3, 0.4) is 0 Å². The van der Waals surface area contributed by atoms with E-state index in [-0.39, 0.29) is 12.2 Å². The minimum atomic E-state index is -2.70. The summed E-state index contributed by atoms with van der Waals surface area (Å²) in [6, 6.07) is 3.57. The van der Waals surface area contributed by atoms with Gasteiger partial charge in [0, 0.05) is 31.9 Å². The predicted octanol–water partition coefficient (Wildman–Crippen LogP) is 4.93. The lowest BCUT2D eigenvalue weighted by atomic mass is 10.3. The summed E-state index contributed by atoms with van der Waals surface area (Å²) < 4.78 is 23.8. The topological polar surface area (TPSA) is 66.0 Å². The summed E-state index contributed by atoms with van der Waals surface area (Å²) in [7, 11) is -4.61. The molecule has 156 valence electrons. The fourth-order valence-corrected chi connectivity index (χ4v) is 8.13. The monoisotopic (exact) mass is 407 g/mol. The molecule has 0 aromatic rings. The van der Waals surface area contributed by atoms with E-state index < -0.39 is 17.1 Å².